The molecular weight excluding hydrogens is 194 g/mol. The van der Waals surface area contributed by atoms with Crippen molar-refractivity contribution < 1.29 is 14.6 Å². The Morgan fingerprint density at radius 3 is 2.87 bits per heavy atom. The first kappa shape index (κ1) is 12.5. The van der Waals surface area contributed by atoms with Gasteiger partial charge in [-0.15, -0.1) is 0 Å². The van der Waals surface area contributed by atoms with Gasteiger partial charge in [0, 0.05) is 12.6 Å². The standard InChI is InChI=1S/C11H21NO3/c1-3-8-5-10(8)12-7-9(13)6-11(14)15-4-2/h8-10,12-13H,3-7H2,1-2H3. The third-order valence-corrected chi connectivity index (χ3v) is 2.77. The summed E-state index contributed by atoms with van der Waals surface area (Å²) in [6.07, 6.45) is 1.85. The van der Waals surface area contributed by atoms with Gasteiger partial charge in [0.15, 0.2) is 0 Å². The van der Waals surface area contributed by atoms with Crippen molar-refractivity contribution in [2.24, 2.45) is 5.92 Å². The van der Waals surface area contributed by atoms with Crippen LogP contribution < -0.4 is 5.32 Å². The van der Waals surface area contributed by atoms with Crippen molar-refractivity contribution in [3.63, 3.8) is 0 Å². The number of aliphatic hydroxyl groups is 1. The maximum atomic E-state index is 11.0. The Hall–Kier alpha value is -0.610. The Bertz CT molecular complexity index is 208. The average Bonchev–Trinajstić information content (AvgIpc) is 2.93. The van der Waals surface area contributed by atoms with E-state index in [1.165, 1.54) is 12.8 Å². The first-order valence-corrected chi connectivity index (χ1v) is 5.74. The molecule has 3 unspecified atom stereocenters. The normalized spacial score (nSPS) is 26.1. The Morgan fingerprint density at radius 2 is 2.33 bits per heavy atom. The maximum Gasteiger partial charge on any atom is 0.308 e. The van der Waals surface area contributed by atoms with Gasteiger partial charge in [-0.2, -0.15) is 0 Å². The van der Waals surface area contributed by atoms with E-state index in [0.717, 1.165) is 5.92 Å². The summed E-state index contributed by atoms with van der Waals surface area (Å²) in [7, 11) is 0. The second kappa shape index (κ2) is 6.08. The van der Waals surface area contributed by atoms with E-state index in [1.807, 2.05) is 0 Å². The minimum Gasteiger partial charge on any atom is -0.466 e. The molecule has 0 aliphatic heterocycles. The highest BCUT2D eigenvalue weighted by atomic mass is 16.5. The highest BCUT2D eigenvalue weighted by molar-refractivity contribution is 5.69. The highest BCUT2D eigenvalue weighted by Crippen LogP contribution is 2.32. The molecular formula is C11H21NO3. The van der Waals surface area contributed by atoms with Crippen LogP contribution in [0, 0.1) is 5.92 Å². The molecule has 0 saturated heterocycles. The molecule has 4 nitrogen and oxygen atoms in total. The lowest BCUT2D eigenvalue weighted by molar-refractivity contribution is -0.145. The Morgan fingerprint density at radius 1 is 1.60 bits per heavy atom. The minimum absolute atomic E-state index is 0.0877. The molecule has 1 aliphatic rings. The van der Waals surface area contributed by atoms with Crippen molar-refractivity contribution in [2.75, 3.05) is 13.2 Å². The van der Waals surface area contributed by atoms with Crippen LogP contribution in [0.15, 0.2) is 0 Å². The number of esters is 1. The van der Waals surface area contributed by atoms with Gasteiger partial charge >= 0.3 is 5.97 Å². The molecule has 0 bridgehead atoms. The van der Waals surface area contributed by atoms with Crippen LogP contribution >= 0.6 is 0 Å². The largest absolute Gasteiger partial charge is 0.466 e. The molecule has 0 aromatic carbocycles. The summed E-state index contributed by atoms with van der Waals surface area (Å²) in [6.45, 7) is 4.79. The molecule has 0 radical (unpaired) electrons. The fraction of sp³-hybridized carbons (Fsp3) is 0.909. The van der Waals surface area contributed by atoms with Crippen molar-refractivity contribution >= 4 is 5.97 Å². The van der Waals surface area contributed by atoms with Crippen LogP contribution in [0.4, 0.5) is 0 Å². The lowest BCUT2D eigenvalue weighted by Crippen LogP contribution is -2.31. The topological polar surface area (TPSA) is 58.6 Å². The molecule has 88 valence electrons. The molecule has 15 heavy (non-hydrogen) atoms. The summed E-state index contributed by atoms with van der Waals surface area (Å²) >= 11 is 0. The van der Waals surface area contributed by atoms with E-state index < -0.39 is 6.10 Å². The molecule has 4 heteroatoms. The van der Waals surface area contributed by atoms with Crippen LogP contribution in [-0.2, 0) is 9.53 Å². The third-order valence-electron chi connectivity index (χ3n) is 2.77. The number of rotatable bonds is 7. The van der Waals surface area contributed by atoms with Gasteiger partial charge in [0.25, 0.3) is 0 Å². The molecule has 3 atom stereocenters. The summed E-state index contributed by atoms with van der Waals surface area (Å²) in [5.41, 5.74) is 0. The number of carbonyl (C=O) groups is 1. The van der Waals surface area contributed by atoms with Gasteiger partial charge in [-0.05, 0) is 19.3 Å². The monoisotopic (exact) mass is 215 g/mol. The maximum absolute atomic E-state index is 11.0. The zero-order valence-corrected chi connectivity index (χ0v) is 9.53. The average molecular weight is 215 g/mol. The predicted molar refractivity (Wildman–Crippen MR) is 57.4 cm³/mol. The smallest absolute Gasteiger partial charge is 0.308 e. The van der Waals surface area contributed by atoms with E-state index in [4.69, 9.17) is 4.74 Å². The Kier molecular flexibility index (Phi) is 5.05. The van der Waals surface area contributed by atoms with Crippen molar-refractivity contribution in [1.82, 2.24) is 5.32 Å². The molecule has 0 spiro atoms. The lowest BCUT2D eigenvalue weighted by Gasteiger charge is -2.10. The molecule has 2 N–H and O–H groups in total. The van der Waals surface area contributed by atoms with E-state index in [-0.39, 0.29) is 12.4 Å². The molecule has 0 aromatic rings. The first-order valence-electron chi connectivity index (χ1n) is 5.74. The van der Waals surface area contributed by atoms with Crippen LogP contribution in [0.2, 0.25) is 0 Å². The first-order chi connectivity index (χ1) is 7.17. The molecule has 1 saturated carbocycles. The van der Waals surface area contributed by atoms with Gasteiger partial charge in [-0.3, -0.25) is 4.79 Å². The SMILES string of the molecule is CCOC(=O)CC(O)CNC1CC1CC. The van der Waals surface area contributed by atoms with Gasteiger partial charge in [-0.25, -0.2) is 0 Å². The van der Waals surface area contributed by atoms with Gasteiger partial charge in [0.05, 0.1) is 19.1 Å². The number of aliphatic hydroxyl groups excluding tert-OH is 1. The van der Waals surface area contributed by atoms with Crippen molar-refractivity contribution in [2.45, 2.75) is 45.3 Å². The number of hydrogen-bond acceptors (Lipinski definition) is 4. The fourth-order valence-electron chi connectivity index (χ4n) is 1.72. The highest BCUT2D eigenvalue weighted by Gasteiger charge is 2.34. The molecule has 1 fully saturated rings. The lowest BCUT2D eigenvalue weighted by atomic mass is 10.2. The zero-order valence-electron chi connectivity index (χ0n) is 9.53. The molecule has 0 amide bonds. The molecule has 0 heterocycles. The quantitative estimate of drug-likeness (QED) is 0.613. The van der Waals surface area contributed by atoms with Gasteiger partial charge in [0.1, 0.15) is 0 Å². The summed E-state index contributed by atoms with van der Waals surface area (Å²) in [5, 5.41) is 12.8. The number of ether oxygens (including phenoxy) is 1. The summed E-state index contributed by atoms with van der Waals surface area (Å²) < 4.78 is 4.75. The number of hydrogen-bond donors (Lipinski definition) is 2. The number of nitrogens with one attached hydrogen (secondary N) is 1. The van der Waals surface area contributed by atoms with Crippen molar-refractivity contribution in [1.29, 1.82) is 0 Å². The molecule has 0 aromatic heterocycles. The number of carbonyl (C=O) groups excluding carboxylic acids is 1. The van der Waals surface area contributed by atoms with Crippen LogP contribution in [0.1, 0.15) is 33.1 Å². The van der Waals surface area contributed by atoms with Gasteiger partial charge < -0.3 is 15.2 Å². The summed E-state index contributed by atoms with van der Waals surface area (Å²) in [5.74, 6) is 0.439. The van der Waals surface area contributed by atoms with E-state index >= 15 is 0 Å². The fourth-order valence-corrected chi connectivity index (χ4v) is 1.72. The van der Waals surface area contributed by atoms with E-state index in [9.17, 15) is 9.90 Å². The van der Waals surface area contributed by atoms with Crippen LogP contribution in [0.5, 0.6) is 0 Å². The Labute approximate surface area is 91.0 Å². The molecule has 1 aliphatic carbocycles. The third kappa shape index (κ3) is 4.62. The van der Waals surface area contributed by atoms with Crippen LogP contribution in [-0.4, -0.2) is 36.4 Å². The Balaban J connectivity index is 2.03. The molecule has 1 rings (SSSR count). The summed E-state index contributed by atoms with van der Waals surface area (Å²) in [4.78, 5) is 11.0. The van der Waals surface area contributed by atoms with Crippen molar-refractivity contribution in [3.8, 4) is 0 Å². The minimum atomic E-state index is -0.623. The second-order valence-electron chi connectivity index (χ2n) is 4.08. The second-order valence-corrected chi connectivity index (χ2v) is 4.08. The van der Waals surface area contributed by atoms with Gasteiger partial charge in [0.2, 0.25) is 0 Å². The zero-order chi connectivity index (χ0) is 11.3. The van der Waals surface area contributed by atoms with Crippen LogP contribution in [0.25, 0.3) is 0 Å². The van der Waals surface area contributed by atoms with E-state index in [2.05, 4.69) is 12.2 Å². The van der Waals surface area contributed by atoms with Crippen LogP contribution in [0.3, 0.4) is 0 Å². The predicted octanol–water partition coefficient (Wildman–Crippen LogP) is 0.689. The van der Waals surface area contributed by atoms with E-state index in [0.29, 0.717) is 19.2 Å². The summed E-state index contributed by atoms with van der Waals surface area (Å²) in [6, 6.07) is 0.548. The van der Waals surface area contributed by atoms with E-state index in [1.54, 1.807) is 6.92 Å². The van der Waals surface area contributed by atoms with Crippen molar-refractivity contribution in [3.05, 3.63) is 0 Å². The van der Waals surface area contributed by atoms with Gasteiger partial charge in [-0.1, -0.05) is 13.3 Å².